The summed E-state index contributed by atoms with van der Waals surface area (Å²) in [5.41, 5.74) is 0.930. The van der Waals surface area contributed by atoms with Crippen molar-refractivity contribution in [3.63, 3.8) is 0 Å². The van der Waals surface area contributed by atoms with E-state index in [-0.39, 0.29) is 11.7 Å². The second kappa shape index (κ2) is 9.07. The molecule has 8 nitrogen and oxygen atoms in total. The number of esters is 1. The zero-order chi connectivity index (χ0) is 18.2. The molecule has 0 fully saturated rings. The van der Waals surface area contributed by atoms with Crippen LogP contribution in [0.2, 0.25) is 0 Å². The molecule has 25 heavy (non-hydrogen) atoms. The van der Waals surface area contributed by atoms with Crippen molar-refractivity contribution in [3.8, 4) is 0 Å². The smallest absolute Gasteiger partial charge is 0.338 e. The third-order valence-electron chi connectivity index (χ3n) is 3.28. The molecule has 1 amide bonds. The van der Waals surface area contributed by atoms with Gasteiger partial charge >= 0.3 is 5.97 Å². The molecule has 0 saturated heterocycles. The van der Waals surface area contributed by atoms with Crippen molar-refractivity contribution < 1.29 is 14.3 Å². The number of carbonyl (C=O) groups is 2. The van der Waals surface area contributed by atoms with E-state index in [0.717, 1.165) is 12.8 Å². The monoisotopic (exact) mass is 363 g/mol. The molecule has 0 bridgehead atoms. The number of benzene rings is 1. The SMILES string of the molecule is CCCCOC(=O)c1cccc(NC(=O)CSc2nnc(C)n2N)c1. The van der Waals surface area contributed by atoms with Gasteiger partial charge in [-0.1, -0.05) is 31.2 Å². The highest BCUT2D eigenvalue weighted by Crippen LogP contribution is 2.16. The number of nitrogens with zero attached hydrogens (tertiary/aromatic N) is 3. The molecule has 0 unspecified atom stereocenters. The molecule has 1 heterocycles. The molecular formula is C16H21N5O3S. The number of carbonyl (C=O) groups excluding carboxylic acids is 2. The zero-order valence-corrected chi connectivity index (χ0v) is 15.0. The lowest BCUT2D eigenvalue weighted by atomic mass is 10.2. The summed E-state index contributed by atoms with van der Waals surface area (Å²) in [5.74, 6) is 5.79. The van der Waals surface area contributed by atoms with Gasteiger partial charge in [0.15, 0.2) is 0 Å². The summed E-state index contributed by atoms with van der Waals surface area (Å²) in [5, 5.41) is 10.9. The molecule has 0 atom stereocenters. The average molecular weight is 363 g/mol. The van der Waals surface area contributed by atoms with E-state index in [1.807, 2.05) is 6.92 Å². The van der Waals surface area contributed by atoms with Crippen LogP contribution in [0, 0.1) is 6.92 Å². The number of anilines is 1. The number of unbranched alkanes of at least 4 members (excludes halogenated alkanes) is 1. The Morgan fingerprint density at radius 2 is 2.16 bits per heavy atom. The molecule has 0 aliphatic carbocycles. The van der Waals surface area contributed by atoms with E-state index in [1.165, 1.54) is 16.4 Å². The summed E-state index contributed by atoms with van der Waals surface area (Å²) in [7, 11) is 0. The highest BCUT2D eigenvalue weighted by atomic mass is 32.2. The number of nitrogens with one attached hydrogen (secondary N) is 1. The number of amides is 1. The van der Waals surface area contributed by atoms with Crippen LogP contribution >= 0.6 is 11.8 Å². The molecule has 1 aromatic heterocycles. The molecule has 9 heteroatoms. The first-order valence-corrected chi connectivity index (χ1v) is 8.86. The van der Waals surface area contributed by atoms with E-state index < -0.39 is 5.97 Å². The molecule has 0 spiro atoms. The van der Waals surface area contributed by atoms with Crippen LogP contribution in [0.3, 0.4) is 0 Å². The Hall–Kier alpha value is -2.55. The predicted molar refractivity (Wildman–Crippen MR) is 95.9 cm³/mol. The van der Waals surface area contributed by atoms with Crippen molar-refractivity contribution in [1.29, 1.82) is 0 Å². The minimum absolute atomic E-state index is 0.126. The molecule has 0 saturated carbocycles. The van der Waals surface area contributed by atoms with Crippen LogP contribution in [0.15, 0.2) is 29.4 Å². The van der Waals surface area contributed by atoms with Crippen molar-refractivity contribution >= 4 is 29.3 Å². The van der Waals surface area contributed by atoms with Crippen molar-refractivity contribution in [3.05, 3.63) is 35.7 Å². The van der Waals surface area contributed by atoms with E-state index in [2.05, 4.69) is 15.5 Å². The standard InChI is InChI=1S/C16H21N5O3S/c1-3-4-8-24-15(23)12-6-5-7-13(9-12)18-14(22)10-25-16-20-19-11(2)21(16)17/h5-7,9H,3-4,8,10,17H2,1-2H3,(H,18,22). The molecule has 1 aromatic carbocycles. The van der Waals surface area contributed by atoms with Gasteiger partial charge in [0.05, 0.1) is 17.9 Å². The summed E-state index contributed by atoms with van der Waals surface area (Å²) in [6.07, 6.45) is 1.78. The molecule has 0 radical (unpaired) electrons. The van der Waals surface area contributed by atoms with Gasteiger partial charge in [0.1, 0.15) is 5.82 Å². The lowest BCUT2D eigenvalue weighted by molar-refractivity contribution is -0.113. The molecule has 3 N–H and O–H groups in total. The number of thioether (sulfide) groups is 1. The van der Waals surface area contributed by atoms with Crippen LogP contribution in [0.5, 0.6) is 0 Å². The van der Waals surface area contributed by atoms with Crippen LogP contribution in [0.25, 0.3) is 0 Å². The molecule has 2 rings (SSSR count). The molecule has 134 valence electrons. The minimum Gasteiger partial charge on any atom is -0.462 e. The summed E-state index contributed by atoms with van der Waals surface area (Å²) in [4.78, 5) is 24.0. The number of aromatic nitrogens is 3. The van der Waals surface area contributed by atoms with E-state index in [9.17, 15) is 9.59 Å². The fourth-order valence-corrected chi connectivity index (χ4v) is 2.59. The second-order valence-electron chi connectivity index (χ2n) is 5.31. The molecule has 0 aliphatic rings. The highest BCUT2D eigenvalue weighted by Gasteiger charge is 2.12. The maximum absolute atomic E-state index is 12.0. The largest absolute Gasteiger partial charge is 0.462 e. The summed E-state index contributed by atoms with van der Waals surface area (Å²) < 4.78 is 6.49. The van der Waals surface area contributed by atoms with Gasteiger partial charge in [0.2, 0.25) is 11.1 Å². The zero-order valence-electron chi connectivity index (χ0n) is 14.2. The van der Waals surface area contributed by atoms with Gasteiger partial charge in [-0.05, 0) is 31.5 Å². The Balaban J connectivity index is 1.89. The molecule has 0 aliphatic heterocycles. The fraction of sp³-hybridized carbons (Fsp3) is 0.375. The maximum Gasteiger partial charge on any atom is 0.338 e. The van der Waals surface area contributed by atoms with Gasteiger partial charge in [-0.2, -0.15) is 0 Å². The van der Waals surface area contributed by atoms with Gasteiger partial charge in [-0.15, -0.1) is 10.2 Å². The Morgan fingerprint density at radius 3 is 2.84 bits per heavy atom. The number of ether oxygens (including phenoxy) is 1. The third kappa shape index (κ3) is 5.49. The van der Waals surface area contributed by atoms with Gasteiger partial charge in [0, 0.05) is 5.69 Å². The first-order chi connectivity index (χ1) is 12.0. The maximum atomic E-state index is 12.0. The first kappa shape index (κ1) is 18.8. The average Bonchev–Trinajstić information content (AvgIpc) is 2.92. The Kier molecular flexibility index (Phi) is 6.81. The van der Waals surface area contributed by atoms with Crippen LogP contribution in [-0.2, 0) is 9.53 Å². The van der Waals surface area contributed by atoms with Crippen molar-refractivity contribution in [2.24, 2.45) is 0 Å². The van der Waals surface area contributed by atoms with Crippen molar-refractivity contribution in [2.75, 3.05) is 23.5 Å². The van der Waals surface area contributed by atoms with E-state index in [1.54, 1.807) is 31.2 Å². The topological polar surface area (TPSA) is 112 Å². The number of hydrogen-bond donors (Lipinski definition) is 2. The van der Waals surface area contributed by atoms with Gasteiger partial charge in [-0.3, -0.25) is 4.79 Å². The number of nitrogen functional groups attached to an aromatic ring is 1. The van der Waals surface area contributed by atoms with Crippen LogP contribution in [-0.4, -0.2) is 39.1 Å². The van der Waals surface area contributed by atoms with E-state index in [0.29, 0.717) is 28.8 Å². The van der Waals surface area contributed by atoms with Gasteiger partial charge in [-0.25, -0.2) is 9.47 Å². The Labute approximate surface area is 150 Å². The highest BCUT2D eigenvalue weighted by molar-refractivity contribution is 7.99. The lowest BCUT2D eigenvalue weighted by Crippen LogP contribution is -2.17. The number of hydrogen-bond acceptors (Lipinski definition) is 7. The number of rotatable bonds is 8. The summed E-state index contributed by atoms with van der Waals surface area (Å²) in [6, 6.07) is 6.64. The Bertz CT molecular complexity index is 747. The minimum atomic E-state index is -0.398. The molecule has 2 aromatic rings. The quantitative estimate of drug-likeness (QED) is 0.319. The fourth-order valence-electron chi connectivity index (χ4n) is 1.89. The number of aryl methyl sites for hydroxylation is 1. The normalized spacial score (nSPS) is 10.5. The van der Waals surface area contributed by atoms with Crippen molar-refractivity contribution in [1.82, 2.24) is 14.9 Å². The lowest BCUT2D eigenvalue weighted by Gasteiger charge is -2.08. The van der Waals surface area contributed by atoms with Crippen LogP contribution in [0.4, 0.5) is 5.69 Å². The van der Waals surface area contributed by atoms with Crippen LogP contribution < -0.4 is 11.2 Å². The van der Waals surface area contributed by atoms with Gasteiger partial charge < -0.3 is 15.9 Å². The molecular weight excluding hydrogens is 342 g/mol. The third-order valence-corrected chi connectivity index (χ3v) is 4.22. The Morgan fingerprint density at radius 1 is 1.36 bits per heavy atom. The summed E-state index contributed by atoms with van der Waals surface area (Å²) in [6.45, 7) is 4.14. The number of nitrogens with two attached hydrogens (primary N) is 1. The van der Waals surface area contributed by atoms with Gasteiger partial charge in [0.25, 0.3) is 0 Å². The van der Waals surface area contributed by atoms with E-state index >= 15 is 0 Å². The second-order valence-corrected chi connectivity index (χ2v) is 6.25. The van der Waals surface area contributed by atoms with Crippen LogP contribution in [0.1, 0.15) is 35.9 Å². The first-order valence-electron chi connectivity index (χ1n) is 7.88. The summed E-state index contributed by atoms with van der Waals surface area (Å²) >= 11 is 1.18. The van der Waals surface area contributed by atoms with Crippen molar-refractivity contribution in [2.45, 2.75) is 31.8 Å². The predicted octanol–water partition coefficient (Wildman–Crippen LogP) is 1.99. The van der Waals surface area contributed by atoms with E-state index in [4.69, 9.17) is 10.6 Å².